The minimum Gasteiger partial charge on any atom is -0.481 e. The molecule has 1 saturated heterocycles. The van der Waals surface area contributed by atoms with Crippen LogP contribution in [0.4, 0.5) is 5.82 Å². The van der Waals surface area contributed by atoms with E-state index in [1.165, 1.54) is 32.4 Å². The Morgan fingerprint density at radius 2 is 2.53 bits per heavy atom. The number of aromatic nitrogens is 2. The van der Waals surface area contributed by atoms with Crippen LogP contribution in [0.3, 0.4) is 0 Å². The Morgan fingerprint density at radius 3 is 3.18 bits per heavy atom. The summed E-state index contributed by atoms with van der Waals surface area (Å²) in [5.41, 5.74) is 0. The molecule has 1 aromatic rings. The molecule has 0 radical (unpaired) electrons. The van der Waals surface area contributed by atoms with E-state index >= 15 is 0 Å². The van der Waals surface area contributed by atoms with Gasteiger partial charge in [0.05, 0.1) is 7.11 Å². The van der Waals surface area contributed by atoms with E-state index in [1.54, 1.807) is 11.8 Å². The number of anilines is 1. The molecule has 1 aliphatic rings. The highest BCUT2D eigenvalue weighted by Crippen LogP contribution is 2.17. The maximum absolute atomic E-state index is 5.17. The molecule has 0 aliphatic carbocycles. The first-order valence-electron chi connectivity index (χ1n) is 6.32. The Bertz CT molecular complexity index is 344. The molecule has 5 heteroatoms. The van der Waals surface area contributed by atoms with Crippen molar-refractivity contribution >= 4 is 5.82 Å². The zero-order valence-corrected chi connectivity index (χ0v) is 10.7. The summed E-state index contributed by atoms with van der Waals surface area (Å²) in [4.78, 5) is 0. The molecule has 2 rings (SSSR count). The van der Waals surface area contributed by atoms with Crippen molar-refractivity contribution in [1.29, 1.82) is 0 Å². The van der Waals surface area contributed by atoms with Crippen molar-refractivity contribution in [2.75, 3.05) is 32.1 Å². The quantitative estimate of drug-likeness (QED) is 0.732. The molecular formula is C12H22N4O. The molecule has 1 atom stereocenters. The molecule has 1 fully saturated rings. The van der Waals surface area contributed by atoms with Crippen LogP contribution in [-0.4, -0.2) is 36.5 Å². The van der Waals surface area contributed by atoms with E-state index in [2.05, 4.69) is 15.7 Å². The number of methoxy groups -OCH3 is 1. The molecule has 0 bridgehead atoms. The fraction of sp³-hybridized carbons (Fsp3) is 0.750. The number of nitrogens with one attached hydrogen (secondary N) is 2. The van der Waals surface area contributed by atoms with Crippen LogP contribution in [0.2, 0.25) is 0 Å². The maximum atomic E-state index is 5.17. The smallest absolute Gasteiger partial charge is 0.213 e. The second-order valence-electron chi connectivity index (χ2n) is 4.62. The topological polar surface area (TPSA) is 51.1 Å². The van der Waals surface area contributed by atoms with Gasteiger partial charge in [-0.2, -0.15) is 5.10 Å². The monoisotopic (exact) mass is 238 g/mol. The number of hydrogen-bond donors (Lipinski definition) is 2. The second-order valence-corrected chi connectivity index (χ2v) is 4.62. The van der Waals surface area contributed by atoms with E-state index in [0.717, 1.165) is 24.2 Å². The lowest BCUT2D eigenvalue weighted by Gasteiger charge is -2.07. The lowest BCUT2D eigenvalue weighted by atomic mass is 10.0. The van der Waals surface area contributed by atoms with Gasteiger partial charge in [-0.1, -0.05) is 0 Å². The van der Waals surface area contributed by atoms with Crippen molar-refractivity contribution in [2.45, 2.75) is 19.3 Å². The summed E-state index contributed by atoms with van der Waals surface area (Å²) in [6.07, 6.45) is 3.83. The van der Waals surface area contributed by atoms with E-state index in [0.29, 0.717) is 0 Å². The summed E-state index contributed by atoms with van der Waals surface area (Å²) < 4.78 is 6.90. The van der Waals surface area contributed by atoms with Crippen molar-refractivity contribution in [3.8, 4) is 5.88 Å². The third-order valence-corrected chi connectivity index (χ3v) is 3.30. The Balaban J connectivity index is 1.66. The second kappa shape index (κ2) is 5.91. The van der Waals surface area contributed by atoms with Crippen LogP contribution in [0.15, 0.2) is 6.07 Å². The average molecular weight is 238 g/mol. The molecule has 1 unspecified atom stereocenters. The summed E-state index contributed by atoms with van der Waals surface area (Å²) in [6, 6.07) is 1.93. The third-order valence-electron chi connectivity index (χ3n) is 3.30. The van der Waals surface area contributed by atoms with Gasteiger partial charge in [0.2, 0.25) is 5.88 Å². The molecule has 5 nitrogen and oxygen atoms in total. The summed E-state index contributed by atoms with van der Waals surface area (Å²) in [6.45, 7) is 3.36. The first-order chi connectivity index (χ1) is 8.29. The van der Waals surface area contributed by atoms with Gasteiger partial charge in [-0.15, -0.1) is 0 Å². The first kappa shape index (κ1) is 12.2. The number of aryl methyl sites for hydroxylation is 1. The van der Waals surface area contributed by atoms with Crippen molar-refractivity contribution in [2.24, 2.45) is 13.0 Å². The van der Waals surface area contributed by atoms with Gasteiger partial charge in [0, 0.05) is 19.7 Å². The fourth-order valence-electron chi connectivity index (χ4n) is 2.30. The van der Waals surface area contributed by atoms with Gasteiger partial charge < -0.3 is 15.4 Å². The summed E-state index contributed by atoms with van der Waals surface area (Å²) in [5, 5.41) is 11.0. The average Bonchev–Trinajstić information content (AvgIpc) is 2.94. The van der Waals surface area contributed by atoms with Gasteiger partial charge in [0.25, 0.3) is 0 Å². The summed E-state index contributed by atoms with van der Waals surface area (Å²) in [7, 11) is 3.54. The van der Waals surface area contributed by atoms with Crippen molar-refractivity contribution in [3.63, 3.8) is 0 Å². The van der Waals surface area contributed by atoms with Gasteiger partial charge in [0.15, 0.2) is 5.82 Å². The molecule has 1 aromatic heterocycles. The molecule has 17 heavy (non-hydrogen) atoms. The highest BCUT2D eigenvalue weighted by atomic mass is 16.5. The number of nitrogens with zero attached hydrogens (tertiary/aromatic N) is 2. The van der Waals surface area contributed by atoms with Crippen molar-refractivity contribution in [1.82, 2.24) is 15.1 Å². The van der Waals surface area contributed by atoms with Gasteiger partial charge >= 0.3 is 0 Å². The highest BCUT2D eigenvalue weighted by molar-refractivity contribution is 5.38. The maximum Gasteiger partial charge on any atom is 0.213 e. The van der Waals surface area contributed by atoms with Gasteiger partial charge in [-0.05, 0) is 38.3 Å². The molecule has 0 spiro atoms. The van der Waals surface area contributed by atoms with Gasteiger partial charge in [-0.25, -0.2) is 4.68 Å². The van der Waals surface area contributed by atoms with E-state index in [4.69, 9.17) is 4.74 Å². The van der Waals surface area contributed by atoms with Crippen LogP contribution >= 0.6 is 0 Å². The number of hydrogen-bond acceptors (Lipinski definition) is 4. The standard InChI is InChI=1S/C12H22N4O/c1-16-12(17-2)8-11(15-16)14-6-3-4-10-5-7-13-9-10/h8,10,13H,3-7,9H2,1-2H3,(H,14,15). The third kappa shape index (κ3) is 3.36. The minimum absolute atomic E-state index is 0.785. The summed E-state index contributed by atoms with van der Waals surface area (Å²) in [5.74, 6) is 2.55. The largest absolute Gasteiger partial charge is 0.481 e. The zero-order valence-electron chi connectivity index (χ0n) is 10.7. The lowest BCUT2D eigenvalue weighted by Crippen LogP contribution is -2.10. The molecule has 2 N–H and O–H groups in total. The zero-order chi connectivity index (χ0) is 12.1. The molecule has 96 valence electrons. The number of ether oxygens (including phenoxy) is 1. The molecule has 0 amide bonds. The molecule has 0 saturated carbocycles. The van der Waals surface area contributed by atoms with E-state index in [-0.39, 0.29) is 0 Å². The van der Waals surface area contributed by atoms with Gasteiger partial charge in [0.1, 0.15) is 0 Å². The Morgan fingerprint density at radius 1 is 1.65 bits per heavy atom. The van der Waals surface area contributed by atoms with Crippen molar-refractivity contribution < 1.29 is 4.74 Å². The van der Waals surface area contributed by atoms with Gasteiger partial charge in [-0.3, -0.25) is 0 Å². The van der Waals surface area contributed by atoms with Crippen LogP contribution in [0, 0.1) is 5.92 Å². The molecule has 1 aliphatic heterocycles. The normalized spacial score (nSPS) is 19.5. The van der Waals surface area contributed by atoms with Crippen LogP contribution in [0.5, 0.6) is 5.88 Å². The van der Waals surface area contributed by atoms with Crippen LogP contribution < -0.4 is 15.4 Å². The SMILES string of the molecule is COc1cc(NCCCC2CCNC2)nn1C. The van der Waals surface area contributed by atoms with E-state index in [1.807, 2.05) is 13.1 Å². The highest BCUT2D eigenvalue weighted by Gasteiger charge is 2.13. The minimum atomic E-state index is 0.785. The first-order valence-corrected chi connectivity index (χ1v) is 6.32. The Hall–Kier alpha value is -1.23. The fourth-order valence-corrected chi connectivity index (χ4v) is 2.30. The lowest BCUT2D eigenvalue weighted by molar-refractivity contribution is 0.373. The predicted octanol–water partition coefficient (Wildman–Crippen LogP) is 1.23. The number of rotatable bonds is 6. The Labute approximate surface area is 103 Å². The van der Waals surface area contributed by atoms with Crippen LogP contribution in [0.25, 0.3) is 0 Å². The van der Waals surface area contributed by atoms with Crippen LogP contribution in [-0.2, 0) is 7.05 Å². The van der Waals surface area contributed by atoms with Crippen molar-refractivity contribution in [3.05, 3.63) is 6.07 Å². The van der Waals surface area contributed by atoms with E-state index in [9.17, 15) is 0 Å². The van der Waals surface area contributed by atoms with E-state index < -0.39 is 0 Å². The van der Waals surface area contributed by atoms with Crippen LogP contribution in [0.1, 0.15) is 19.3 Å². The molecule has 0 aromatic carbocycles. The molecular weight excluding hydrogens is 216 g/mol. The predicted molar refractivity (Wildman–Crippen MR) is 68.5 cm³/mol. The summed E-state index contributed by atoms with van der Waals surface area (Å²) >= 11 is 0. The molecule has 2 heterocycles. The Kier molecular flexibility index (Phi) is 4.25.